The molecule has 0 bridgehead atoms. The molecule has 0 aromatic carbocycles. The van der Waals surface area contributed by atoms with E-state index in [0.717, 1.165) is 29.0 Å². The Labute approximate surface area is 115 Å². The minimum absolute atomic E-state index is 0.144. The molecular formula is C13H15N3O2S. The number of fused-ring (bicyclic) bond motifs is 1. The normalized spacial score (nSPS) is 14.9. The molecule has 2 aromatic heterocycles. The van der Waals surface area contributed by atoms with E-state index >= 15 is 0 Å². The summed E-state index contributed by atoms with van der Waals surface area (Å²) in [5, 5.41) is 1.25. The highest BCUT2D eigenvalue weighted by molar-refractivity contribution is 7.18. The second kappa shape index (κ2) is 4.79. The number of allylic oxidation sites excluding steroid dienone is 2. The van der Waals surface area contributed by atoms with Gasteiger partial charge < -0.3 is 0 Å². The molecule has 19 heavy (non-hydrogen) atoms. The van der Waals surface area contributed by atoms with Crippen molar-refractivity contribution in [2.75, 3.05) is 14.2 Å². The molecule has 2 heterocycles. The Morgan fingerprint density at radius 1 is 1.58 bits per heavy atom. The number of carbonyl (C=O) groups excluding carboxylic acids is 1. The molecule has 100 valence electrons. The lowest BCUT2D eigenvalue weighted by Gasteiger charge is -2.14. The summed E-state index contributed by atoms with van der Waals surface area (Å²) in [6.07, 6.45) is 8.98. The average molecular weight is 277 g/mol. The number of nitrogens with zero attached hydrogens (tertiary/aromatic N) is 3. The molecule has 0 fully saturated rings. The van der Waals surface area contributed by atoms with Crippen LogP contribution in [0.15, 0.2) is 18.6 Å². The Bertz CT molecular complexity index is 656. The molecule has 0 aliphatic heterocycles. The van der Waals surface area contributed by atoms with Crippen LogP contribution in [0.25, 0.3) is 10.4 Å². The molecular weight excluding hydrogens is 262 g/mol. The number of carbonyl (C=O) groups is 1. The Morgan fingerprint density at radius 2 is 2.42 bits per heavy atom. The number of hydrogen-bond donors (Lipinski definition) is 0. The highest BCUT2D eigenvalue weighted by Gasteiger charge is 2.25. The van der Waals surface area contributed by atoms with Crippen LogP contribution in [0.4, 0.5) is 0 Å². The van der Waals surface area contributed by atoms with E-state index in [2.05, 4.69) is 11.1 Å². The van der Waals surface area contributed by atoms with E-state index in [-0.39, 0.29) is 5.91 Å². The van der Waals surface area contributed by atoms with Crippen molar-refractivity contribution in [2.45, 2.75) is 19.3 Å². The fourth-order valence-corrected chi connectivity index (χ4v) is 3.47. The van der Waals surface area contributed by atoms with Gasteiger partial charge in [0.25, 0.3) is 5.91 Å². The van der Waals surface area contributed by atoms with Crippen molar-refractivity contribution in [3.05, 3.63) is 29.2 Å². The van der Waals surface area contributed by atoms with Gasteiger partial charge in [-0.1, -0.05) is 6.08 Å². The van der Waals surface area contributed by atoms with E-state index in [9.17, 15) is 4.79 Å². The highest BCUT2D eigenvalue weighted by atomic mass is 32.1. The molecule has 5 nitrogen and oxygen atoms in total. The third-order valence-electron chi connectivity index (χ3n) is 3.36. The first-order chi connectivity index (χ1) is 9.22. The number of hydroxylamine groups is 2. The molecule has 1 amide bonds. The third-order valence-corrected chi connectivity index (χ3v) is 4.53. The summed E-state index contributed by atoms with van der Waals surface area (Å²) in [5.41, 5.74) is 1.91. The first-order valence-electron chi connectivity index (χ1n) is 6.18. The van der Waals surface area contributed by atoms with Crippen LogP contribution in [-0.4, -0.2) is 34.5 Å². The molecule has 3 rings (SSSR count). The van der Waals surface area contributed by atoms with Crippen molar-refractivity contribution in [1.29, 1.82) is 0 Å². The van der Waals surface area contributed by atoms with Crippen molar-refractivity contribution in [1.82, 2.24) is 14.4 Å². The van der Waals surface area contributed by atoms with Gasteiger partial charge in [-0.2, -0.15) is 0 Å². The summed E-state index contributed by atoms with van der Waals surface area (Å²) in [6.45, 7) is 0. The second-order valence-corrected chi connectivity index (χ2v) is 5.52. The van der Waals surface area contributed by atoms with Crippen LogP contribution in [-0.2, 0) is 4.84 Å². The second-order valence-electron chi connectivity index (χ2n) is 4.49. The van der Waals surface area contributed by atoms with Gasteiger partial charge in [-0.15, -0.1) is 11.3 Å². The predicted octanol–water partition coefficient (Wildman–Crippen LogP) is 2.60. The smallest absolute Gasteiger partial charge is 0.284 e. The van der Waals surface area contributed by atoms with Crippen molar-refractivity contribution >= 4 is 27.6 Å². The van der Waals surface area contributed by atoms with Gasteiger partial charge in [-0.3, -0.25) is 14.0 Å². The maximum atomic E-state index is 12.5. The zero-order valence-electron chi connectivity index (χ0n) is 10.9. The minimum Gasteiger partial charge on any atom is -0.284 e. The average Bonchev–Trinajstić information content (AvgIpc) is 3.11. The van der Waals surface area contributed by atoms with Crippen LogP contribution >= 0.6 is 11.3 Å². The van der Waals surface area contributed by atoms with Crippen LogP contribution in [0.5, 0.6) is 0 Å². The summed E-state index contributed by atoms with van der Waals surface area (Å²) in [7, 11) is 3.11. The molecule has 0 saturated carbocycles. The molecule has 0 N–H and O–H groups in total. The van der Waals surface area contributed by atoms with Crippen molar-refractivity contribution in [3.8, 4) is 0 Å². The topological polar surface area (TPSA) is 46.8 Å². The van der Waals surface area contributed by atoms with Crippen molar-refractivity contribution in [3.63, 3.8) is 0 Å². The Kier molecular flexibility index (Phi) is 3.12. The van der Waals surface area contributed by atoms with E-state index in [1.807, 2.05) is 4.40 Å². The van der Waals surface area contributed by atoms with Gasteiger partial charge in [0.05, 0.1) is 18.2 Å². The lowest BCUT2D eigenvalue weighted by atomic mass is 10.1. The zero-order valence-corrected chi connectivity index (χ0v) is 11.7. The Morgan fingerprint density at radius 3 is 3.11 bits per heavy atom. The van der Waals surface area contributed by atoms with E-state index in [0.29, 0.717) is 5.69 Å². The maximum Gasteiger partial charge on any atom is 0.295 e. The molecule has 0 radical (unpaired) electrons. The summed E-state index contributed by atoms with van der Waals surface area (Å²) in [4.78, 5) is 23.6. The summed E-state index contributed by atoms with van der Waals surface area (Å²) in [5.74, 6) is -0.144. The molecule has 0 spiro atoms. The van der Waals surface area contributed by atoms with Gasteiger partial charge in [-0.05, 0) is 24.8 Å². The lowest BCUT2D eigenvalue weighted by Crippen LogP contribution is -2.27. The van der Waals surface area contributed by atoms with Gasteiger partial charge in [0.2, 0.25) is 0 Å². The first kappa shape index (κ1) is 12.4. The van der Waals surface area contributed by atoms with Gasteiger partial charge >= 0.3 is 0 Å². The van der Waals surface area contributed by atoms with Gasteiger partial charge in [0.15, 0.2) is 0 Å². The van der Waals surface area contributed by atoms with Gasteiger partial charge in [-0.25, -0.2) is 10.0 Å². The zero-order chi connectivity index (χ0) is 13.4. The van der Waals surface area contributed by atoms with Crippen molar-refractivity contribution < 1.29 is 9.63 Å². The molecule has 6 heteroatoms. The lowest BCUT2D eigenvalue weighted by molar-refractivity contribution is -0.0761. The molecule has 2 aromatic rings. The number of thiazole rings is 1. The Balaban J connectivity index is 2.16. The van der Waals surface area contributed by atoms with Gasteiger partial charge in [0.1, 0.15) is 16.9 Å². The summed E-state index contributed by atoms with van der Waals surface area (Å²) in [6, 6.07) is 0. The number of hydrogen-bond acceptors (Lipinski definition) is 4. The van der Waals surface area contributed by atoms with Crippen LogP contribution in [0.2, 0.25) is 0 Å². The minimum atomic E-state index is -0.144. The van der Waals surface area contributed by atoms with Crippen LogP contribution in [0, 0.1) is 0 Å². The van der Waals surface area contributed by atoms with E-state index in [4.69, 9.17) is 4.84 Å². The number of rotatable bonds is 3. The van der Waals surface area contributed by atoms with E-state index in [1.54, 1.807) is 30.9 Å². The van der Waals surface area contributed by atoms with Crippen LogP contribution in [0.1, 0.15) is 34.6 Å². The number of aromatic nitrogens is 2. The monoisotopic (exact) mass is 277 g/mol. The predicted molar refractivity (Wildman–Crippen MR) is 74.0 cm³/mol. The standard InChI is InChI=1S/C13H15N3O2S/c1-15(18-2)13(17)11-12(9-5-3-4-6-9)19-10-7-14-8-16(10)11/h5,7-8H,3-4,6H2,1-2H3. The first-order valence-corrected chi connectivity index (χ1v) is 7.00. The largest absolute Gasteiger partial charge is 0.295 e. The molecule has 1 aliphatic carbocycles. The van der Waals surface area contributed by atoms with E-state index in [1.165, 1.54) is 17.7 Å². The summed E-state index contributed by atoms with van der Waals surface area (Å²) < 4.78 is 1.84. The molecule has 0 atom stereocenters. The van der Waals surface area contributed by atoms with Gasteiger partial charge in [0, 0.05) is 7.05 Å². The van der Waals surface area contributed by atoms with Crippen LogP contribution in [0.3, 0.4) is 0 Å². The van der Waals surface area contributed by atoms with E-state index < -0.39 is 0 Å². The molecule has 1 aliphatic rings. The SMILES string of the molecule is CON(C)C(=O)c1c(C2=CCCC2)sc2cncn12. The maximum absolute atomic E-state index is 12.5. The summed E-state index contributed by atoms with van der Waals surface area (Å²) >= 11 is 1.61. The highest BCUT2D eigenvalue weighted by Crippen LogP contribution is 2.36. The fraction of sp³-hybridized carbons (Fsp3) is 0.385. The third kappa shape index (κ3) is 1.97. The number of amides is 1. The van der Waals surface area contributed by atoms with Crippen molar-refractivity contribution in [2.24, 2.45) is 0 Å². The molecule has 0 unspecified atom stereocenters. The fourth-order valence-electron chi connectivity index (χ4n) is 2.32. The number of imidazole rings is 1. The van der Waals surface area contributed by atoms with Crippen LogP contribution < -0.4 is 0 Å². The molecule has 0 saturated heterocycles. The quantitative estimate of drug-likeness (QED) is 0.810. The Hall–Kier alpha value is -1.66.